The zero-order valence-corrected chi connectivity index (χ0v) is 37.7. The van der Waals surface area contributed by atoms with E-state index < -0.39 is 52.8 Å². The van der Waals surface area contributed by atoms with Crippen LogP contribution in [0.5, 0.6) is 0 Å². The number of carbonyl (C=O) groups excluding carboxylic acids is 1. The molecule has 3 fully saturated rings. The molecule has 2 unspecified atom stereocenters. The normalized spacial score (nSPS) is 24.3. The largest absolute Gasteiger partial charge is 0.438 e. The third-order valence-electron chi connectivity index (χ3n) is 15.0. The van der Waals surface area contributed by atoms with Gasteiger partial charge in [-0.2, -0.15) is 10.2 Å². The molecule has 0 spiro atoms. The van der Waals surface area contributed by atoms with Crippen LogP contribution in [-0.4, -0.2) is 72.5 Å². The van der Waals surface area contributed by atoms with E-state index in [1.165, 1.54) is 43.2 Å². The molecule has 2 bridgehead atoms. The lowest BCUT2D eigenvalue weighted by Gasteiger charge is -2.37. The number of ether oxygens (including phenoxy) is 1. The number of alkyl halides is 1. The fraction of sp³-hybridized carbons (Fsp3) is 0.388. The maximum atomic E-state index is 17.7. The van der Waals surface area contributed by atoms with Crippen LogP contribution in [-0.2, 0) is 17.3 Å². The van der Waals surface area contributed by atoms with Crippen molar-refractivity contribution in [2.75, 3.05) is 6.61 Å². The molecule has 67 heavy (non-hydrogen) atoms. The first-order valence-corrected chi connectivity index (χ1v) is 22.7. The molecule has 8 aromatic rings. The summed E-state index contributed by atoms with van der Waals surface area (Å²) in [6, 6.07) is 12.7. The van der Waals surface area contributed by atoms with Gasteiger partial charge in [0.15, 0.2) is 17.8 Å². The maximum Gasteiger partial charge on any atom is 0.438 e. The molecule has 2 saturated heterocycles. The number of H-pyrrole nitrogens is 1. The summed E-state index contributed by atoms with van der Waals surface area (Å²) in [4.78, 5) is 47.4. The van der Waals surface area contributed by atoms with Crippen LogP contribution in [0.15, 0.2) is 81.2 Å². The highest BCUT2D eigenvalue weighted by Gasteiger charge is 2.60. The third kappa shape index (κ3) is 5.93. The van der Waals surface area contributed by atoms with Crippen LogP contribution in [0.25, 0.3) is 39.0 Å². The number of fused-ring (bicyclic) bond motifs is 6. The first-order chi connectivity index (χ1) is 32.1. The second kappa shape index (κ2) is 14.3. The number of aryl methyl sites for hydroxylation is 3. The lowest BCUT2D eigenvalue weighted by Crippen LogP contribution is -2.45. The Balaban J connectivity index is 1.04. The molecule has 1 aliphatic carbocycles. The van der Waals surface area contributed by atoms with E-state index in [1.807, 2.05) is 23.6 Å². The Morgan fingerprint density at radius 1 is 0.925 bits per heavy atom. The summed E-state index contributed by atoms with van der Waals surface area (Å²) in [5.74, 6) is -1.65. The lowest BCUT2D eigenvalue weighted by molar-refractivity contribution is -0.0592. The van der Waals surface area contributed by atoms with Crippen LogP contribution in [0, 0.1) is 31.4 Å². The Morgan fingerprint density at radius 3 is 2.39 bits per heavy atom. The number of imidazole rings is 1. The standard InChI is InChI=1S/C49H47F3N10O5/c1-24-17-30(18-25(2)39(24)50)62-43(59-15-14-58(47(59)65)35-11-9-33-31(40(35)51)23-53-57(33)6)38-34-10-12-36(41(52)42(38)55-62)60(34)44(63)37-20-29-19-27(28-13-16-66-48(4,5)22-28)7-8-32(29)61(37)49(21-26(49)3)45-54-46(64)67-56-45/h7-9,11,14-15,17-20,23,26,28,34,36,41H,10,12-13,16,21-22H2,1-6H3,(H,54,56,64)/t26-,28-,34?,36?,41+,49-/m0/s1. The van der Waals surface area contributed by atoms with E-state index in [0.717, 1.165) is 29.3 Å². The maximum absolute atomic E-state index is 17.7. The van der Waals surface area contributed by atoms with Crippen molar-refractivity contribution in [2.24, 2.45) is 13.0 Å². The summed E-state index contributed by atoms with van der Waals surface area (Å²) in [6.07, 6.45) is 5.36. The molecule has 0 radical (unpaired) electrons. The van der Waals surface area contributed by atoms with Gasteiger partial charge in [-0.25, -0.2) is 27.4 Å². The van der Waals surface area contributed by atoms with Gasteiger partial charge in [0.1, 0.15) is 28.6 Å². The smallest absolute Gasteiger partial charge is 0.376 e. The van der Waals surface area contributed by atoms with E-state index >= 15 is 18.0 Å². The number of aromatic nitrogens is 9. The number of rotatable bonds is 7. The summed E-state index contributed by atoms with van der Waals surface area (Å²) in [7, 11) is 1.69. The van der Waals surface area contributed by atoms with Crippen molar-refractivity contribution in [1.82, 2.24) is 48.3 Å². The Bertz CT molecular complexity index is 3490. The molecule has 344 valence electrons. The number of nitrogens with zero attached hydrogens (tertiary/aromatic N) is 9. The molecule has 4 aliphatic rings. The Kier molecular flexibility index (Phi) is 8.84. The van der Waals surface area contributed by atoms with Crippen molar-refractivity contribution in [1.29, 1.82) is 0 Å². The minimum absolute atomic E-state index is 0.0213. The molecule has 12 rings (SSSR count). The van der Waals surface area contributed by atoms with Gasteiger partial charge in [0, 0.05) is 42.5 Å². The van der Waals surface area contributed by atoms with Gasteiger partial charge in [-0.1, -0.05) is 18.1 Å². The molecular weight excluding hydrogens is 866 g/mol. The summed E-state index contributed by atoms with van der Waals surface area (Å²) in [5.41, 5.74) is 2.11. The Labute approximate surface area is 380 Å². The number of benzene rings is 3. The predicted octanol–water partition coefficient (Wildman–Crippen LogP) is 8.05. The zero-order chi connectivity index (χ0) is 46.6. The van der Waals surface area contributed by atoms with Gasteiger partial charge in [-0.05, 0) is 131 Å². The fourth-order valence-electron chi connectivity index (χ4n) is 11.7. The number of carbonyl (C=O) groups is 1. The summed E-state index contributed by atoms with van der Waals surface area (Å²) >= 11 is 0. The molecule has 1 N–H and O–H groups in total. The zero-order valence-electron chi connectivity index (χ0n) is 37.7. The van der Waals surface area contributed by atoms with Crippen LogP contribution >= 0.6 is 0 Å². The van der Waals surface area contributed by atoms with Crippen LogP contribution in [0.1, 0.15) is 115 Å². The van der Waals surface area contributed by atoms with Gasteiger partial charge in [0.05, 0.1) is 46.2 Å². The van der Waals surface area contributed by atoms with Crippen molar-refractivity contribution >= 4 is 27.7 Å². The number of nitrogens with one attached hydrogen (secondary N) is 1. The van der Waals surface area contributed by atoms with Crippen molar-refractivity contribution in [3.05, 3.63) is 139 Å². The molecule has 15 nitrogen and oxygen atoms in total. The molecule has 3 aromatic carbocycles. The first-order valence-electron chi connectivity index (χ1n) is 22.7. The molecule has 18 heteroatoms. The van der Waals surface area contributed by atoms with Crippen LogP contribution in [0.3, 0.4) is 0 Å². The van der Waals surface area contributed by atoms with Crippen molar-refractivity contribution in [3.8, 4) is 17.2 Å². The highest BCUT2D eigenvalue weighted by Crippen LogP contribution is 2.57. The van der Waals surface area contributed by atoms with E-state index in [1.54, 1.807) is 44.0 Å². The van der Waals surface area contributed by atoms with Gasteiger partial charge < -0.3 is 14.2 Å². The van der Waals surface area contributed by atoms with Gasteiger partial charge in [0.2, 0.25) is 0 Å². The predicted molar refractivity (Wildman–Crippen MR) is 240 cm³/mol. The number of hydrogen-bond acceptors (Lipinski definition) is 8. The molecule has 5 aromatic heterocycles. The average Bonchev–Trinajstić information content (AvgIpc) is 4.02. The number of amides is 1. The monoisotopic (exact) mass is 912 g/mol. The van der Waals surface area contributed by atoms with Crippen LogP contribution in [0.2, 0.25) is 0 Å². The summed E-state index contributed by atoms with van der Waals surface area (Å²) in [5, 5.41) is 14.2. The topological polar surface area (TPSA) is 156 Å². The van der Waals surface area contributed by atoms with Crippen molar-refractivity contribution in [2.45, 2.75) is 102 Å². The highest BCUT2D eigenvalue weighted by atomic mass is 19.1. The third-order valence-corrected chi connectivity index (χ3v) is 15.0. The number of halogens is 3. The Morgan fingerprint density at radius 2 is 1.67 bits per heavy atom. The highest BCUT2D eigenvalue weighted by molar-refractivity contribution is 6.00. The van der Waals surface area contributed by atoms with Gasteiger partial charge >= 0.3 is 11.4 Å². The van der Waals surface area contributed by atoms with Gasteiger partial charge in [-0.3, -0.25) is 28.1 Å². The van der Waals surface area contributed by atoms with Gasteiger partial charge in [0.25, 0.3) is 5.91 Å². The number of aromatic amines is 1. The fourth-order valence-corrected chi connectivity index (χ4v) is 11.7. The van der Waals surface area contributed by atoms with E-state index in [4.69, 9.17) is 14.4 Å². The summed E-state index contributed by atoms with van der Waals surface area (Å²) < 4.78 is 67.5. The minimum Gasteiger partial charge on any atom is -0.376 e. The van der Waals surface area contributed by atoms with Crippen molar-refractivity contribution < 1.29 is 27.2 Å². The van der Waals surface area contributed by atoms with E-state index in [2.05, 4.69) is 41.2 Å². The van der Waals surface area contributed by atoms with Gasteiger partial charge in [-0.15, -0.1) is 0 Å². The first kappa shape index (κ1) is 41.5. The van der Waals surface area contributed by atoms with E-state index in [9.17, 15) is 9.59 Å². The molecule has 3 aliphatic heterocycles. The SMILES string of the molecule is Cc1cc(-n2nc3c(c2-n2ccn(-c4ccc5c(cnn5C)c4F)c2=O)C2CCC([C@H]3F)N2C(=O)c2cc3cc([C@H]4CCOC(C)(C)C4)ccc3n2[C@@]2(c3noc(=O)[nH]3)C[C@@H]2C)cc(C)c1F. The molecule has 6 atom stereocenters. The van der Waals surface area contributed by atoms with Crippen LogP contribution < -0.4 is 11.4 Å². The minimum atomic E-state index is -1.79. The summed E-state index contributed by atoms with van der Waals surface area (Å²) in [6.45, 7) is 10.0. The Hall–Kier alpha value is -6.95. The quantitative estimate of drug-likeness (QED) is 0.168. The molecule has 8 heterocycles. The van der Waals surface area contributed by atoms with E-state index in [0.29, 0.717) is 53.8 Å². The lowest BCUT2D eigenvalue weighted by atomic mass is 9.83. The van der Waals surface area contributed by atoms with Crippen molar-refractivity contribution in [3.63, 3.8) is 0 Å². The second-order valence-electron chi connectivity index (χ2n) is 19.6. The molecule has 1 saturated carbocycles. The molecule has 1 amide bonds. The molecular formula is C49H47F3N10O5. The second-order valence-corrected chi connectivity index (χ2v) is 19.6. The van der Waals surface area contributed by atoms with E-state index in [-0.39, 0.29) is 51.5 Å². The average molecular weight is 913 g/mol. The van der Waals surface area contributed by atoms with Crippen LogP contribution in [0.4, 0.5) is 13.2 Å². The number of hydrogen-bond donors (Lipinski definition) is 1.